The summed E-state index contributed by atoms with van der Waals surface area (Å²) in [5.41, 5.74) is 0.531. The molecule has 5 heteroatoms. The molecule has 1 heterocycles. The van der Waals surface area contributed by atoms with Crippen molar-refractivity contribution in [2.75, 3.05) is 0 Å². The minimum atomic E-state index is -0.904. The molecule has 88 valence electrons. The van der Waals surface area contributed by atoms with Gasteiger partial charge in [-0.2, -0.15) is 0 Å². The van der Waals surface area contributed by atoms with Crippen LogP contribution in [0.5, 0.6) is 0 Å². The van der Waals surface area contributed by atoms with Crippen LogP contribution in [0.15, 0.2) is 18.3 Å². The van der Waals surface area contributed by atoms with Gasteiger partial charge in [-0.25, -0.2) is 0 Å². The lowest BCUT2D eigenvalue weighted by Crippen LogP contribution is -2.36. The van der Waals surface area contributed by atoms with Crippen molar-refractivity contribution in [1.29, 1.82) is 0 Å². The maximum atomic E-state index is 11.8. The van der Waals surface area contributed by atoms with E-state index < -0.39 is 5.97 Å². The normalized spacial score (nSPS) is 12.1. The van der Waals surface area contributed by atoms with E-state index >= 15 is 0 Å². The van der Waals surface area contributed by atoms with Crippen LogP contribution in [0.3, 0.4) is 0 Å². The fourth-order valence-electron chi connectivity index (χ4n) is 1.46. The molecular formula is C11H16N2O3. The van der Waals surface area contributed by atoms with Gasteiger partial charge in [-0.05, 0) is 18.6 Å². The summed E-state index contributed by atoms with van der Waals surface area (Å²) in [7, 11) is 1.77. The molecule has 0 aromatic carbocycles. The van der Waals surface area contributed by atoms with E-state index in [0.29, 0.717) is 12.1 Å². The third kappa shape index (κ3) is 3.12. The highest BCUT2D eigenvalue weighted by Gasteiger charge is 2.16. The molecular weight excluding hydrogens is 208 g/mol. The first-order chi connectivity index (χ1) is 7.54. The maximum Gasteiger partial charge on any atom is 0.305 e. The smallest absolute Gasteiger partial charge is 0.305 e. The second-order valence-corrected chi connectivity index (χ2v) is 3.68. The van der Waals surface area contributed by atoms with Crippen LogP contribution < -0.4 is 5.32 Å². The summed E-state index contributed by atoms with van der Waals surface area (Å²) in [4.78, 5) is 22.3. The van der Waals surface area contributed by atoms with Crippen molar-refractivity contribution in [1.82, 2.24) is 9.88 Å². The third-order valence-electron chi connectivity index (χ3n) is 2.43. The minimum absolute atomic E-state index is 0.0489. The number of hydrogen-bond donors (Lipinski definition) is 2. The number of aromatic nitrogens is 1. The number of carbonyl (C=O) groups excluding carboxylic acids is 1. The molecule has 0 aliphatic carbocycles. The van der Waals surface area contributed by atoms with Crippen molar-refractivity contribution in [3.05, 3.63) is 24.0 Å². The van der Waals surface area contributed by atoms with E-state index in [0.717, 1.165) is 0 Å². The Hall–Kier alpha value is -1.78. The molecule has 16 heavy (non-hydrogen) atoms. The van der Waals surface area contributed by atoms with Crippen molar-refractivity contribution >= 4 is 11.9 Å². The summed E-state index contributed by atoms with van der Waals surface area (Å²) in [6, 6.07) is 3.15. The molecule has 0 spiro atoms. The number of nitrogens with one attached hydrogen (secondary N) is 1. The van der Waals surface area contributed by atoms with Crippen molar-refractivity contribution in [2.45, 2.75) is 25.8 Å². The predicted octanol–water partition coefficient (Wildman–Crippen LogP) is 1.01. The fraction of sp³-hybridized carbons (Fsp3) is 0.455. The molecule has 0 aliphatic heterocycles. The largest absolute Gasteiger partial charge is 0.481 e. The Bertz CT molecular complexity index is 384. The van der Waals surface area contributed by atoms with E-state index in [9.17, 15) is 9.59 Å². The van der Waals surface area contributed by atoms with E-state index in [1.165, 1.54) is 0 Å². The monoisotopic (exact) mass is 224 g/mol. The number of hydrogen-bond acceptors (Lipinski definition) is 2. The Morgan fingerprint density at radius 2 is 2.25 bits per heavy atom. The van der Waals surface area contributed by atoms with E-state index in [4.69, 9.17) is 5.11 Å². The third-order valence-corrected chi connectivity index (χ3v) is 2.43. The first-order valence-electron chi connectivity index (χ1n) is 5.18. The van der Waals surface area contributed by atoms with Crippen molar-refractivity contribution in [3.63, 3.8) is 0 Å². The number of carboxylic acids is 1. The van der Waals surface area contributed by atoms with Crippen LogP contribution in [0.2, 0.25) is 0 Å². The van der Waals surface area contributed by atoms with Gasteiger partial charge in [-0.15, -0.1) is 0 Å². The number of amides is 1. The Morgan fingerprint density at radius 1 is 1.56 bits per heavy atom. The number of carboxylic acid groups (broad SMARTS) is 1. The van der Waals surface area contributed by atoms with Gasteiger partial charge in [-0.1, -0.05) is 6.92 Å². The Balaban J connectivity index is 2.62. The van der Waals surface area contributed by atoms with Gasteiger partial charge in [0.2, 0.25) is 0 Å². The molecule has 1 aromatic rings. The standard InChI is InChI=1S/C11H16N2O3/c1-3-8(7-10(14)15)12-11(16)9-5-4-6-13(9)2/h4-6,8H,3,7H2,1-2H3,(H,12,16)(H,14,15). The van der Waals surface area contributed by atoms with E-state index in [-0.39, 0.29) is 18.4 Å². The summed E-state index contributed by atoms with van der Waals surface area (Å²) in [6.45, 7) is 1.85. The topological polar surface area (TPSA) is 71.3 Å². The molecule has 0 radical (unpaired) electrons. The van der Waals surface area contributed by atoms with Gasteiger partial charge in [0.15, 0.2) is 0 Å². The van der Waals surface area contributed by atoms with Crippen molar-refractivity contribution < 1.29 is 14.7 Å². The van der Waals surface area contributed by atoms with Gasteiger partial charge in [0.1, 0.15) is 5.69 Å². The average molecular weight is 224 g/mol. The lowest BCUT2D eigenvalue weighted by atomic mass is 10.1. The fourth-order valence-corrected chi connectivity index (χ4v) is 1.46. The molecule has 0 saturated carbocycles. The maximum absolute atomic E-state index is 11.8. The van der Waals surface area contributed by atoms with Crippen LogP contribution in [0, 0.1) is 0 Å². The number of carbonyl (C=O) groups is 2. The van der Waals surface area contributed by atoms with Gasteiger partial charge in [0.05, 0.1) is 6.42 Å². The van der Waals surface area contributed by atoms with Crippen molar-refractivity contribution in [2.24, 2.45) is 7.05 Å². The van der Waals surface area contributed by atoms with E-state index in [1.807, 2.05) is 6.92 Å². The number of aryl methyl sites for hydroxylation is 1. The molecule has 1 rings (SSSR count). The zero-order valence-corrected chi connectivity index (χ0v) is 9.43. The van der Waals surface area contributed by atoms with Gasteiger partial charge in [0, 0.05) is 19.3 Å². The van der Waals surface area contributed by atoms with E-state index in [2.05, 4.69) is 5.32 Å². The quantitative estimate of drug-likeness (QED) is 0.784. The van der Waals surface area contributed by atoms with Crippen LogP contribution in [-0.4, -0.2) is 27.6 Å². The lowest BCUT2D eigenvalue weighted by molar-refractivity contribution is -0.137. The van der Waals surface area contributed by atoms with Gasteiger partial charge >= 0.3 is 5.97 Å². The lowest BCUT2D eigenvalue weighted by Gasteiger charge is -2.14. The summed E-state index contributed by atoms with van der Waals surface area (Å²) >= 11 is 0. The molecule has 0 bridgehead atoms. The zero-order valence-electron chi connectivity index (χ0n) is 9.43. The molecule has 0 aliphatic rings. The Labute approximate surface area is 94.1 Å². The van der Waals surface area contributed by atoms with Gasteiger partial charge < -0.3 is 15.0 Å². The predicted molar refractivity (Wildman–Crippen MR) is 59.2 cm³/mol. The molecule has 0 saturated heterocycles. The molecule has 2 N–H and O–H groups in total. The Kier molecular flexibility index (Phi) is 4.10. The number of nitrogens with zero attached hydrogens (tertiary/aromatic N) is 1. The molecule has 1 aromatic heterocycles. The van der Waals surface area contributed by atoms with Crippen LogP contribution in [0.25, 0.3) is 0 Å². The first kappa shape index (κ1) is 12.3. The molecule has 0 fully saturated rings. The molecule has 1 atom stereocenters. The summed E-state index contributed by atoms with van der Waals surface area (Å²) in [5.74, 6) is -1.14. The molecule has 1 amide bonds. The van der Waals surface area contributed by atoms with Gasteiger partial charge in [0.25, 0.3) is 5.91 Å². The van der Waals surface area contributed by atoms with Gasteiger partial charge in [-0.3, -0.25) is 9.59 Å². The highest BCUT2D eigenvalue weighted by atomic mass is 16.4. The zero-order chi connectivity index (χ0) is 12.1. The first-order valence-corrected chi connectivity index (χ1v) is 5.18. The highest BCUT2D eigenvalue weighted by molar-refractivity contribution is 5.93. The molecule has 1 unspecified atom stereocenters. The minimum Gasteiger partial charge on any atom is -0.481 e. The average Bonchev–Trinajstić information content (AvgIpc) is 2.62. The van der Waals surface area contributed by atoms with Crippen LogP contribution in [0.4, 0.5) is 0 Å². The highest BCUT2D eigenvalue weighted by Crippen LogP contribution is 2.03. The van der Waals surface area contributed by atoms with Crippen LogP contribution >= 0.6 is 0 Å². The summed E-state index contributed by atoms with van der Waals surface area (Å²) in [6.07, 6.45) is 2.32. The second-order valence-electron chi connectivity index (χ2n) is 3.68. The van der Waals surface area contributed by atoms with Crippen molar-refractivity contribution in [3.8, 4) is 0 Å². The van der Waals surface area contributed by atoms with E-state index in [1.54, 1.807) is 29.9 Å². The second kappa shape index (κ2) is 5.34. The number of rotatable bonds is 5. The summed E-state index contributed by atoms with van der Waals surface area (Å²) in [5, 5.41) is 11.4. The summed E-state index contributed by atoms with van der Waals surface area (Å²) < 4.78 is 1.70. The molecule has 5 nitrogen and oxygen atoms in total. The number of aliphatic carboxylic acids is 1. The Morgan fingerprint density at radius 3 is 2.69 bits per heavy atom. The van der Waals surface area contributed by atoms with Crippen LogP contribution in [-0.2, 0) is 11.8 Å². The SMILES string of the molecule is CCC(CC(=O)O)NC(=O)c1cccn1C. The van der Waals surface area contributed by atoms with Crippen LogP contribution in [0.1, 0.15) is 30.3 Å².